The van der Waals surface area contributed by atoms with Gasteiger partial charge in [0.2, 0.25) is 5.91 Å². The van der Waals surface area contributed by atoms with E-state index < -0.39 is 12.7 Å². The van der Waals surface area contributed by atoms with Gasteiger partial charge in [-0.05, 0) is 25.1 Å². The summed E-state index contributed by atoms with van der Waals surface area (Å²) in [7, 11) is 0. The number of halogens is 3. The number of carbonyl (C=O) groups is 1. The lowest BCUT2D eigenvalue weighted by atomic mass is 10.2. The number of anilines is 2. The lowest BCUT2D eigenvalue weighted by Gasteiger charge is -2.14. The molecule has 4 nitrogen and oxygen atoms in total. The molecule has 106 valence electrons. The van der Waals surface area contributed by atoms with E-state index in [4.69, 9.17) is 5.73 Å². The van der Waals surface area contributed by atoms with Crippen molar-refractivity contribution in [2.75, 3.05) is 23.7 Å². The minimum absolute atomic E-state index is 0.237. The summed E-state index contributed by atoms with van der Waals surface area (Å²) in [6, 6.07) is 6.24. The third-order valence-electron chi connectivity index (χ3n) is 2.29. The van der Waals surface area contributed by atoms with Crippen LogP contribution in [-0.2, 0) is 4.79 Å². The Labute approximate surface area is 109 Å². The van der Waals surface area contributed by atoms with Gasteiger partial charge in [0.1, 0.15) is 6.54 Å². The largest absolute Gasteiger partial charge is 0.405 e. The third kappa shape index (κ3) is 6.10. The Morgan fingerprint density at radius 1 is 1.21 bits per heavy atom. The van der Waals surface area contributed by atoms with Crippen LogP contribution in [0.15, 0.2) is 24.3 Å². The summed E-state index contributed by atoms with van der Waals surface area (Å²) in [5, 5.41) is 4.81. The normalized spacial score (nSPS) is 11.2. The predicted molar refractivity (Wildman–Crippen MR) is 67.9 cm³/mol. The van der Waals surface area contributed by atoms with Crippen molar-refractivity contribution in [2.24, 2.45) is 5.73 Å². The van der Waals surface area contributed by atoms with Crippen molar-refractivity contribution in [2.45, 2.75) is 19.0 Å². The molecule has 0 aliphatic heterocycles. The second kappa shape index (κ2) is 6.98. The fraction of sp³-hybridized carbons (Fsp3) is 0.417. The minimum Gasteiger partial charge on any atom is -0.375 e. The van der Waals surface area contributed by atoms with E-state index in [0.29, 0.717) is 18.7 Å². The Balaban J connectivity index is 2.65. The zero-order valence-electron chi connectivity index (χ0n) is 10.3. The average molecular weight is 275 g/mol. The zero-order chi connectivity index (χ0) is 14.3. The van der Waals surface area contributed by atoms with Crippen molar-refractivity contribution < 1.29 is 18.0 Å². The summed E-state index contributed by atoms with van der Waals surface area (Å²) in [6.07, 6.45) is -3.54. The molecule has 1 rings (SSSR count). The van der Waals surface area contributed by atoms with Crippen molar-refractivity contribution in [1.29, 1.82) is 0 Å². The zero-order valence-corrected chi connectivity index (χ0v) is 10.3. The molecule has 0 radical (unpaired) electrons. The SMILES string of the molecule is NCCCC(=O)Nc1ccccc1NCC(F)(F)F. The van der Waals surface area contributed by atoms with Crippen LogP contribution >= 0.6 is 0 Å². The van der Waals surface area contributed by atoms with E-state index in [2.05, 4.69) is 10.6 Å². The van der Waals surface area contributed by atoms with Crippen LogP contribution < -0.4 is 16.4 Å². The van der Waals surface area contributed by atoms with E-state index in [-0.39, 0.29) is 18.0 Å². The van der Waals surface area contributed by atoms with Crippen LogP contribution in [0, 0.1) is 0 Å². The number of amides is 1. The number of nitrogens with one attached hydrogen (secondary N) is 2. The van der Waals surface area contributed by atoms with Crippen LogP contribution in [0.25, 0.3) is 0 Å². The summed E-state index contributed by atoms with van der Waals surface area (Å²) in [6.45, 7) is -0.760. The quantitative estimate of drug-likeness (QED) is 0.746. The van der Waals surface area contributed by atoms with Crippen molar-refractivity contribution in [3.05, 3.63) is 24.3 Å². The van der Waals surface area contributed by atoms with Crippen LogP contribution in [0.1, 0.15) is 12.8 Å². The topological polar surface area (TPSA) is 67.2 Å². The molecular formula is C12H16F3N3O. The summed E-state index contributed by atoms with van der Waals surface area (Å²) in [5.74, 6) is -0.272. The maximum atomic E-state index is 12.1. The highest BCUT2D eigenvalue weighted by atomic mass is 19.4. The molecule has 0 heterocycles. The van der Waals surface area contributed by atoms with Crippen molar-refractivity contribution >= 4 is 17.3 Å². The van der Waals surface area contributed by atoms with Crippen molar-refractivity contribution in [3.8, 4) is 0 Å². The molecule has 0 saturated heterocycles. The summed E-state index contributed by atoms with van der Waals surface area (Å²) in [5.41, 5.74) is 5.84. The van der Waals surface area contributed by atoms with Gasteiger partial charge in [-0.3, -0.25) is 4.79 Å². The third-order valence-corrected chi connectivity index (χ3v) is 2.29. The average Bonchev–Trinajstić information content (AvgIpc) is 2.34. The highest BCUT2D eigenvalue weighted by Crippen LogP contribution is 2.23. The van der Waals surface area contributed by atoms with Gasteiger partial charge in [-0.15, -0.1) is 0 Å². The van der Waals surface area contributed by atoms with Gasteiger partial charge in [-0.25, -0.2) is 0 Å². The van der Waals surface area contributed by atoms with E-state index in [0.717, 1.165) is 0 Å². The number of benzene rings is 1. The molecule has 0 spiro atoms. The number of nitrogens with two attached hydrogens (primary N) is 1. The molecule has 0 atom stereocenters. The number of hydrogen-bond acceptors (Lipinski definition) is 3. The first-order valence-electron chi connectivity index (χ1n) is 5.82. The predicted octanol–water partition coefficient (Wildman–Crippen LogP) is 2.34. The lowest BCUT2D eigenvalue weighted by Crippen LogP contribution is -2.22. The molecule has 0 fully saturated rings. The first kappa shape index (κ1) is 15.3. The van der Waals surface area contributed by atoms with Gasteiger partial charge in [0.25, 0.3) is 0 Å². The highest BCUT2D eigenvalue weighted by molar-refractivity contribution is 5.94. The van der Waals surface area contributed by atoms with E-state index in [1.54, 1.807) is 18.2 Å². The molecule has 1 aromatic carbocycles. The van der Waals surface area contributed by atoms with E-state index in [1.807, 2.05) is 0 Å². The molecule has 0 saturated carbocycles. The molecule has 1 aromatic rings. The van der Waals surface area contributed by atoms with Gasteiger partial charge in [-0.1, -0.05) is 12.1 Å². The maximum absolute atomic E-state index is 12.1. The smallest absolute Gasteiger partial charge is 0.375 e. The van der Waals surface area contributed by atoms with Gasteiger partial charge < -0.3 is 16.4 Å². The Morgan fingerprint density at radius 2 is 1.84 bits per heavy atom. The van der Waals surface area contributed by atoms with Gasteiger partial charge in [0, 0.05) is 6.42 Å². The maximum Gasteiger partial charge on any atom is 0.405 e. The fourth-order valence-electron chi connectivity index (χ4n) is 1.42. The summed E-state index contributed by atoms with van der Waals surface area (Å²) >= 11 is 0. The Kier molecular flexibility index (Phi) is 5.62. The Morgan fingerprint density at radius 3 is 2.42 bits per heavy atom. The van der Waals surface area contributed by atoms with E-state index >= 15 is 0 Å². The second-order valence-electron chi connectivity index (χ2n) is 3.95. The number of hydrogen-bond donors (Lipinski definition) is 3. The monoisotopic (exact) mass is 275 g/mol. The van der Waals surface area contributed by atoms with Crippen LogP contribution in [-0.4, -0.2) is 25.2 Å². The van der Waals surface area contributed by atoms with Crippen molar-refractivity contribution in [1.82, 2.24) is 0 Å². The first-order chi connectivity index (χ1) is 8.92. The Hall–Kier alpha value is -1.76. The first-order valence-corrected chi connectivity index (χ1v) is 5.82. The molecule has 4 N–H and O–H groups in total. The molecule has 0 aromatic heterocycles. The molecule has 0 aliphatic carbocycles. The molecule has 19 heavy (non-hydrogen) atoms. The van der Waals surface area contributed by atoms with Crippen LogP contribution in [0.4, 0.5) is 24.5 Å². The van der Waals surface area contributed by atoms with Gasteiger partial charge in [0.15, 0.2) is 0 Å². The van der Waals surface area contributed by atoms with Gasteiger partial charge in [0.05, 0.1) is 11.4 Å². The number of carbonyl (C=O) groups excluding carboxylic acids is 1. The summed E-state index contributed by atoms with van der Waals surface area (Å²) < 4.78 is 36.4. The van der Waals surface area contributed by atoms with E-state index in [9.17, 15) is 18.0 Å². The molecular weight excluding hydrogens is 259 g/mol. The molecule has 0 aliphatic rings. The van der Waals surface area contributed by atoms with Crippen molar-refractivity contribution in [3.63, 3.8) is 0 Å². The van der Waals surface area contributed by atoms with Crippen LogP contribution in [0.2, 0.25) is 0 Å². The van der Waals surface area contributed by atoms with Gasteiger partial charge >= 0.3 is 6.18 Å². The number of rotatable bonds is 6. The van der Waals surface area contributed by atoms with Crippen LogP contribution in [0.5, 0.6) is 0 Å². The van der Waals surface area contributed by atoms with Gasteiger partial charge in [-0.2, -0.15) is 13.2 Å². The number of para-hydroxylation sites is 2. The molecule has 1 amide bonds. The van der Waals surface area contributed by atoms with Crippen LogP contribution in [0.3, 0.4) is 0 Å². The lowest BCUT2D eigenvalue weighted by molar-refractivity contribution is -0.116. The Bertz CT molecular complexity index is 421. The molecule has 7 heteroatoms. The standard InChI is InChI=1S/C12H16F3N3O/c13-12(14,15)8-17-9-4-1-2-5-10(9)18-11(19)6-3-7-16/h1-2,4-5,17H,3,6-8,16H2,(H,18,19). The second-order valence-corrected chi connectivity index (χ2v) is 3.95. The molecule has 0 bridgehead atoms. The molecule has 0 unspecified atom stereocenters. The highest BCUT2D eigenvalue weighted by Gasteiger charge is 2.26. The summed E-state index contributed by atoms with van der Waals surface area (Å²) in [4.78, 5) is 11.5. The number of alkyl halides is 3. The minimum atomic E-state index is -4.31. The fourth-order valence-corrected chi connectivity index (χ4v) is 1.42. The van der Waals surface area contributed by atoms with E-state index in [1.165, 1.54) is 6.07 Å².